The van der Waals surface area contributed by atoms with Gasteiger partial charge in [-0.05, 0) is 43.2 Å². The quantitative estimate of drug-likeness (QED) is 0.828. The molecule has 0 saturated heterocycles. The van der Waals surface area contributed by atoms with E-state index < -0.39 is 0 Å². The van der Waals surface area contributed by atoms with Gasteiger partial charge in [0.1, 0.15) is 0 Å². The van der Waals surface area contributed by atoms with Crippen molar-refractivity contribution in [2.24, 2.45) is 0 Å². The Morgan fingerprint density at radius 1 is 1.20 bits per heavy atom. The number of benzene rings is 2. The van der Waals surface area contributed by atoms with Crippen LogP contribution >= 0.6 is 11.8 Å². The number of amides is 1. The summed E-state index contributed by atoms with van der Waals surface area (Å²) < 4.78 is 0. The van der Waals surface area contributed by atoms with Crippen LogP contribution in [0.3, 0.4) is 0 Å². The number of hydrogen-bond acceptors (Lipinski definition) is 3. The molecule has 0 spiro atoms. The maximum Gasteiger partial charge on any atom is 0.224 e. The van der Waals surface area contributed by atoms with E-state index in [9.17, 15) is 4.79 Å². The number of nitrogens with two attached hydrogens (primary N) is 1. The predicted octanol–water partition coefficient (Wildman–Crippen LogP) is 3.61. The molecule has 0 radical (unpaired) electrons. The van der Waals surface area contributed by atoms with Crippen LogP contribution in [0.1, 0.15) is 17.5 Å². The van der Waals surface area contributed by atoms with Crippen molar-refractivity contribution in [3.63, 3.8) is 0 Å². The highest BCUT2D eigenvalue weighted by molar-refractivity contribution is 7.99. The number of hydrogen-bond donors (Lipinski definition) is 2. The summed E-state index contributed by atoms with van der Waals surface area (Å²) in [6, 6.07) is 12.3. The van der Waals surface area contributed by atoms with Crippen molar-refractivity contribution in [3.8, 4) is 0 Å². The molecule has 4 heteroatoms. The highest BCUT2D eigenvalue weighted by Crippen LogP contribution is 2.37. The third kappa shape index (κ3) is 2.65. The lowest BCUT2D eigenvalue weighted by Gasteiger charge is -2.19. The van der Waals surface area contributed by atoms with Crippen molar-refractivity contribution in [2.45, 2.75) is 29.6 Å². The zero-order chi connectivity index (χ0) is 14.1. The van der Waals surface area contributed by atoms with E-state index in [1.54, 1.807) is 11.8 Å². The second kappa shape index (κ2) is 5.21. The summed E-state index contributed by atoms with van der Waals surface area (Å²) in [5.74, 6) is 0.0776. The monoisotopic (exact) mass is 284 g/mol. The Morgan fingerprint density at radius 3 is 2.85 bits per heavy atom. The molecular weight excluding hydrogens is 268 g/mol. The predicted molar refractivity (Wildman–Crippen MR) is 83.1 cm³/mol. The van der Waals surface area contributed by atoms with Crippen molar-refractivity contribution in [1.29, 1.82) is 0 Å². The first-order valence-electron chi connectivity index (χ1n) is 6.58. The molecule has 0 atom stereocenters. The van der Waals surface area contributed by atoms with Gasteiger partial charge < -0.3 is 11.1 Å². The van der Waals surface area contributed by atoms with Gasteiger partial charge in [-0.25, -0.2) is 0 Å². The Kier molecular flexibility index (Phi) is 3.40. The van der Waals surface area contributed by atoms with Crippen molar-refractivity contribution in [1.82, 2.24) is 0 Å². The number of carbonyl (C=O) groups is 1. The second-order valence-electron chi connectivity index (χ2n) is 5.01. The fraction of sp³-hybridized carbons (Fsp3) is 0.188. The molecule has 0 aliphatic carbocycles. The standard InChI is InChI=1S/C16H16N2OS/c1-10-3-2-4-12(7-10)20-15-9-14-11(8-13(15)17)5-6-16(19)18-14/h2-4,7-9H,5-6,17H2,1H3,(H,18,19). The van der Waals surface area contributed by atoms with Gasteiger partial charge in [0.15, 0.2) is 0 Å². The Bertz CT molecular complexity index is 682. The molecule has 20 heavy (non-hydrogen) atoms. The molecule has 0 aromatic heterocycles. The maximum atomic E-state index is 11.5. The highest BCUT2D eigenvalue weighted by Gasteiger charge is 2.17. The molecule has 1 aliphatic rings. The van der Waals surface area contributed by atoms with Crippen LogP contribution in [0.5, 0.6) is 0 Å². The summed E-state index contributed by atoms with van der Waals surface area (Å²) in [7, 11) is 0. The fourth-order valence-corrected chi connectivity index (χ4v) is 3.32. The fourth-order valence-electron chi connectivity index (χ4n) is 2.32. The molecule has 0 fully saturated rings. The van der Waals surface area contributed by atoms with Gasteiger partial charge in [-0.1, -0.05) is 29.5 Å². The number of anilines is 2. The van der Waals surface area contributed by atoms with Gasteiger partial charge in [0.05, 0.1) is 0 Å². The Labute approximate surface area is 122 Å². The summed E-state index contributed by atoms with van der Waals surface area (Å²) >= 11 is 1.63. The van der Waals surface area contributed by atoms with Crippen LogP contribution in [0.25, 0.3) is 0 Å². The molecule has 1 heterocycles. The van der Waals surface area contributed by atoms with E-state index in [0.717, 1.165) is 33.2 Å². The Hall–Kier alpha value is -1.94. The van der Waals surface area contributed by atoms with Gasteiger partial charge in [-0.2, -0.15) is 0 Å². The molecule has 2 aromatic carbocycles. The normalized spacial score (nSPS) is 13.8. The molecule has 0 saturated carbocycles. The second-order valence-corrected chi connectivity index (χ2v) is 6.13. The van der Waals surface area contributed by atoms with E-state index in [2.05, 4.69) is 30.4 Å². The first-order valence-corrected chi connectivity index (χ1v) is 7.40. The van der Waals surface area contributed by atoms with E-state index in [4.69, 9.17) is 5.73 Å². The van der Waals surface area contributed by atoms with Crippen LogP contribution in [-0.4, -0.2) is 5.91 Å². The molecular formula is C16H16N2OS. The zero-order valence-corrected chi connectivity index (χ0v) is 12.1. The third-order valence-corrected chi connectivity index (χ3v) is 4.41. The Balaban J connectivity index is 1.94. The summed E-state index contributed by atoms with van der Waals surface area (Å²) in [6.45, 7) is 2.07. The summed E-state index contributed by atoms with van der Waals surface area (Å²) in [4.78, 5) is 13.6. The van der Waals surface area contributed by atoms with Gasteiger partial charge in [-0.15, -0.1) is 0 Å². The van der Waals surface area contributed by atoms with Gasteiger partial charge >= 0.3 is 0 Å². The first kappa shape index (κ1) is 13.1. The number of nitrogen functional groups attached to an aromatic ring is 1. The third-order valence-electron chi connectivity index (χ3n) is 3.35. The summed E-state index contributed by atoms with van der Waals surface area (Å²) in [5, 5.41) is 2.92. The van der Waals surface area contributed by atoms with E-state index in [0.29, 0.717) is 6.42 Å². The average molecular weight is 284 g/mol. The molecule has 3 nitrogen and oxygen atoms in total. The largest absolute Gasteiger partial charge is 0.398 e. The van der Waals surface area contributed by atoms with Crippen molar-refractivity contribution in [3.05, 3.63) is 47.5 Å². The lowest BCUT2D eigenvalue weighted by atomic mass is 10.0. The van der Waals surface area contributed by atoms with Crippen LogP contribution < -0.4 is 11.1 Å². The van der Waals surface area contributed by atoms with Crippen molar-refractivity contribution in [2.75, 3.05) is 11.1 Å². The molecule has 0 unspecified atom stereocenters. The topological polar surface area (TPSA) is 55.1 Å². The van der Waals surface area contributed by atoms with Crippen LogP contribution in [0.2, 0.25) is 0 Å². The molecule has 1 aliphatic heterocycles. The van der Waals surface area contributed by atoms with E-state index in [1.165, 1.54) is 5.56 Å². The molecule has 1 amide bonds. The van der Waals surface area contributed by atoms with Crippen LogP contribution in [0.15, 0.2) is 46.2 Å². The molecule has 2 aromatic rings. The van der Waals surface area contributed by atoms with Gasteiger partial charge in [0.25, 0.3) is 0 Å². The summed E-state index contributed by atoms with van der Waals surface area (Å²) in [6.07, 6.45) is 1.30. The first-order chi connectivity index (χ1) is 9.61. The SMILES string of the molecule is Cc1cccc(Sc2cc3c(cc2N)CCC(=O)N3)c1. The molecule has 102 valence electrons. The lowest BCUT2D eigenvalue weighted by molar-refractivity contribution is -0.116. The smallest absolute Gasteiger partial charge is 0.224 e. The molecule has 3 rings (SSSR count). The van der Waals surface area contributed by atoms with Crippen molar-refractivity contribution < 1.29 is 4.79 Å². The Morgan fingerprint density at radius 2 is 2.05 bits per heavy atom. The highest BCUT2D eigenvalue weighted by atomic mass is 32.2. The minimum atomic E-state index is 0.0776. The van der Waals surface area contributed by atoms with Gasteiger partial charge in [-0.3, -0.25) is 4.79 Å². The number of aryl methyl sites for hydroxylation is 2. The number of rotatable bonds is 2. The van der Waals surface area contributed by atoms with E-state index in [1.807, 2.05) is 18.2 Å². The average Bonchev–Trinajstić information content (AvgIpc) is 2.40. The maximum absolute atomic E-state index is 11.5. The number of fused-ring (bicyclic) bond motifs is 1. The van der Waals surface area contributed by atoms with Crippen molar-refractivity contribution >= 4 is 29.0 Å². The minimum Gasteiger partial charge on any atom is -0.398 e. The molecule has 3 N–H and O–H groups in total. The van der Waals surface area contributed by atoms with E-state index >= 15 is 0 Å². The number of carbonyl (C=O) groups excluding carboxylic acids is 1. The summed E-state index contributed by atoms with van der Waals surface area (Å²) in [5.41, 5.74) is 10.1. The van der Waals surface area contributed by atoms with Gasteiger partial charge in [0.2, 0.25) is 5.91 Å². The molecule has 0 bridgehead atoms. The van der Waals surface area contributed by atoms with Crippen LogP contribution in [-0.2, 0) is 11.2 Å². The lowest BCUT2D eigenvalue weighted by Crippen LogP contribution is -2.19. The number of nitrogens with one attached hydrogen (secondary N) is 1. The van der Waals surface area contributed by atoms with E-state index in [-0.39, 0.29) is 5.91 Å². The van der Waals surface area contributed by atoms with Gasteiger partial charge in [0, 0.05) is 27.6 Å². The van der Waals surface area contributed by atoms with Crippen LogP contribution in [0.4, 0.5) is 11.4 Å². The van der Waals surface area contributed by atoms with Crippen LogP contribution in [0, 0.1) is 6.92 Å². The zero-order valence-electron chi connectivity index (χ0n) is 11.3. The minimum absolute atomic E-state index is 0.0776.